The Labute approximate surface area is 159 Å². The van der Waals surface area contributed by atoms with Gasteiger partial charge in [-0.15, -0.1) is 0 Å². The van der Waals surface area contributed by atoms with Gasteiger partial charge in [-0.2, -0.15) is 0 Å². The lowest BCUT2D eigenvalue weighted by Gasteiger charge is -2.10. The molecule has 5 nitrogen and oxygen atoms in total. The van der Waals surface area contributed by atoms with Crippen molar-refractivity contribution in [3.8, 4) is 0 Å². The lowest BCUT2D eigenvalue weighted by molar-refractivity contribution is -0.114. The predicted molar refractivity (Wildman–Crippen MR) is 105 cm³/mol. The number of carbonyl (C=O) groups excluding carboxylic acids is 2. The van der Waals surface area contributed by atoms with E-state index in [9.17, 15) is 9.59 Å². The first-order chi connectivity index (χ1) is 13.2. The van der Waals surface area contributed by atoms with Crippen LogP contribution in [0.5, 0.6) is 0 Å². The lowest BCUT2D eigenvalue weighted by atomic mass is 10.1. The van der Waals surface area contributed by atoms with Gasteiger partial charge in [0.25, 0.3) is 11.8 Å². The molecule has 1 aromatic heterocycles. The molecule has 0 saturated heterocycles. The van der Waals surface area contributed by atoms with E-state index in [1.807, 2.05) is 36.4 Å². The average molecular weight is 372 g/mol. The molecular formula is C21H14N3O2S. The van der Waals surface area contributed by atoms with Gasteiger partial charge in [0.05, 0.1) is 5.56 Å². The zero-order valence-corrected chi connectivity index (χ0v) is 14.9. The summed E-state index contributed by atoms with van der Waals surface area (Å²) in [6.45, 7) is 0. The standard InChI is InChI=1S/C21H14N3O2S/c25-19-12-15-11-16(9-8-14(15)13-23-19)24-20(26)18-7-4-10-22-21(18)27-17-5-2-1-3-6-17/h1-13H,(H,24,26). The van der Waals surface area contributed by atoms with Gasteiger partial charge in [-0.1, -0.05) is 36.0 Å². The van der Waals surface area contributed by atoms with Gasteiger partial charge in [-0.05, 0) is 41.6 Å². The van der Waals surface area contributed by atoms with Gasteiger partial charge in [0.1, 0.15) is 5.03 Å². The number of aromatic nitrogens is 1. The highest BCUT2D eigenvalue weighted by atomic mass is 32.2. The Bertz CT molecular complexity index is 1140. The van der Waals surface area contributed by atoms with Crippen molar-refractivity contribution in [1.29, 1.82) is 0 Å². The first-order valence-electron chi connectivity index (χ1n) is 8.25. The van der Waals surface area contributed by atoms with Crippen LogP contribution in [0.25, 0.3) is 12.3 Å². The van der Waals surface area contributed by atoms with E-state index in [-0.39, 0.29) is 11.8 Å². The Balaban J connectivity index is 1.60. The number of benzene rings is 2. The molecule has 0 aliphatic carbocycles. The van der Waals surface area contributed by atoms with Crippen molar-refractivity contribution < 1.29 is 9.59 Å². The second-order valence-corrected chi connectivity index (χ2v) is 6.87. The molecule has 2 amide bonds. The van der Waals surface area contributed by atoms with Crippen LogP contribution < -0.4 is 21.1 Å². The maximum Gasteiger partial charge on any atom is 0.270 e. The fourth-order valence-electron chi connectivity index (χ4n) is 2.64. The molecule has 4 rings (SSSR count). The van der Waals surface area contributed by atoms with Gasteiger partial charge in [0.2, 0.25) is 0 Å². The third-order valence-electron chi connectivity index (χ3n) is 3.93. The van der Waals surface area contributed by atoms with Gasteiger partial charge < -0.3 is 5.32 Å². The zero-order chi connectivity index (χ0) is 18.6. The number of pyridine rings is 1. The first kappa shape index (κ1) is 17.1. The number of fused-ring (bicyclic) bond motifs is 1. The highest BCUT2D eigenvalue weighted by molar-refractivity contribution is 7.99. The molecule has 0 atom stereocenters. The van der Waals surface area contributed by atoms with E-state index in [0.29, 0.717) is 16.3 Å². The van der Waals surface area contributed by atoms with E-state index in [1.165, 1.54) is 24.0 Å². The van der Waals surface area contributed by atoms with E-state index in [2.05, 4.69) is 15.6 Å². The third kappa shape index (κ3) is 3.91. The summed E-state index contributed by atoms with van der Waals surface area (Å²) in [6.07, 6.45) is 4.64. The molecule has 1 radical (unpaired) electrons. The number of amides is 2. The van der Waals surface area contributed by atoms with Crippen molar-refractivity contribution in [1.82, 2.24) is 10.3 Å². The summed E-state index contributed by atoms with van der Waals surface area (Å²) >= 11 is 1.44. The molecule has 0 unspecified atom stereocenters. The van der Waals surface area contributed by atoms with Gasteiger partial charge >= 0.3 is 0 Å². The van der Waals surface area contributed by atoms with Gasteiger partial charge in [-0.25, -0.2) is 10.3 Å². The molecule has 0 spiro atoms. The van der Waals surface area contributed by atoms with E-state index in [1.54, 1.807) is 30.5 Å². The second-order valence-electron chi connectivity index (χ2n) is 5.81. The topological polar surface area (TPSA) is 73.2 Å². The zero-order valence-electron chi connectivity index (χ0n) is 14.1. The molecule has 27 heavy (non-hydrogen) atoms. The summed E-state index contributed by atoms with van der Waals surface area (Å²) in [5.74, 6) is -0.558. The molecule has 2 heterocycles. The average Bonchev–Trinajstić information content (AvgIpc) is 2.69. The Morgan fingerprint density at radius 3 is 2.67 bits per heavy atom. The summed E-state index contributed by atoms with van der Waals surface area (Å²) in [4.78, 5) is 29.6. The van der Waals surface area contributed by atoms with Crippen LogP contribution in [0.3, 0.4) is 0 Å². The first-order valence-corrected chi connectivity index (χ1v) is 9.07. The molecule has 1 aliphatic heterocycles. The summed E-state index contributed by atoms with van der Waals surface area (Å²) in [5.41, 5.74) is 1.10. The Kier molecular flexibility index (Phi) is 4.72. The minimum Gasteiger partial charge on any atom is -0.322 e. The van der Waals surface area contributed by atoms with Crippen LogP contribution in [0.15, 0.2) is 76.8 Å². The van der Waals surface area contributed by atoms with Crippen LogP contribution in [0.4, 0.5) is 5.69 Å². The van der Waals surface area contributed by atoms with Crippen LogP contribution in [-0.4, -0.2) is 16.8 Å². The van der Waals surface area contributed by atoms with E-state index >= 15 is 0 Å². The number of hydrogen-bond acceptors (Lipinski definition) is 4. The van der Waals surface area contributed by atoms with Crippen molar-refractivity contribution in [3.63, 3.8) is 0 Å². The fraction of sp³-hybridized carbons (Fsp3) is 0. The minimum absolute atomic E-state index is 0.253. The molecular weight excluding hydrogens is 358 g/mol. The smallest absolute Gasteiger partial charge is 0.270 e. The Morgan fingerprint density at radius 1 is 0.963 bits per heavy atom. The monoisotopic (exact) mass is 372 g/mol. The summed E-state index contributed by atoms with van der Waals surface area (Å²) in [5, 5.41) is 8.83. The van der Waals surface area contributed by atoms with E-state index in [4.69, 9.17) is 0 Å². The molecule has 1 N–H and O–H groups in total. The second kappa shape index (κ2) is 7.47. The van der Waals surface area contributed by atoms with Crippen molar-refractivity contribution in [2.45, 2.75) is 9.92 Å². The predicted octanol–water partition coefficient (Wildman–Crippen LogP) is 2.15. The van der Waals surface area contributed by atoms with E-state index in [0.717, 1.165) is 15.3 Å². The highest BCUT2D eigenvalue weighted by Gasteiger charge is 2.14. The molecule has 0 fully saturated rings. The molecule has 6 heteroatoms. The number of anilines is 1. The highest BCUT2D eigenvalue weighted by Crippen LogP contribution is 2.28. The molecule has 3 aromatic rings. The molecule has 0 bridgehead atoms. The third-order valence-corrected chi connectivity index (χ3v) is 4.95. The summed E-state index contributed by atoms with van der Waals surface area (Å²) < 4.78 is 0. The minimum atomic E-state index is -0.306. The van der Waals surface area contributed by atoms with Gasteiger partial charge in [-0.3, -0.25) is 9.59 Å². The van der Waals surface area contributed by atoms with Crippen LogP contribution >= 0.6 is 11.8 Å². The Hall–Kier alpha value is -3.38. The maximum atomic E-state index is 12.8. The van der Waals surface area contributed by atoms with E-state index < -0.39 is 0 Å². The van der Waals surface area contributed by atoms with Crippen LogP contribution in [0.2, 0.25) is 0 Å². The molecule has 0 saturated carbocycles. The fourth-order valence-corrected chi connectivity index (χ4v) is 3.54. The van der Waals surface area contributed by atoms with Crippen LogP contribution in [0, 0.1) is 0 Å². The van der Waals surface area contributed by atoms with Gasteiger partial charge in [0, 0.05) is 34.3 Å². The van der Waals surface area contributed by atoms with Crippen molar-refractivity contribution in [2.24, 2.45) is 0 Å². The number of nitrogens with zero attached hydrogens (tertiary/aromatic N) is 2. The normalized spacial score (nSPS) is 12.2. The van der Waals surface area contributed by atoms with Gasteiger partial charge in [0.15, 0.2) is 0 Å². The summed E-state index contributed by atoms with van der Waals surface area (Å²) in [6, 6.07) is 18.6. The SMILES string of the molecule is O=C1C=c2cc(NC(=O)c3cccnc3Sc3ccccc3)ccc2=C[N]1. The molecule has 131 valence electrons. The molecule has 2 aromatic carbocycles. The van der Waals surface area contributed by atoms with Crippen molar-refractivity contribution in [2.75, 3.05) is 5.32 Å². The number of hydrogen-bond donors (Lipinski definition) is 1. The molecule has 1 aliphatic rings. The van der Waals surface area contributed by atoms with Crippen LogP contribution in [-0.2, 0) is 4.79 Å². The Morgan fingerprint density at radius 2 is 1.81 bits per heavy atom. The van der Waals surface area contributed by atoms with Crippen molar-refractivity contribution in [3.05, 3.63) is 82.9 Å². The number of carbonyl (C=O) groups is 2. The summed E-state index contributed by atoms with van der Waals surface area (Å²) in [7, 11) is 0. The van der Waals surface area contributed by atoms with Crippen molar-refractivity contribution >= 4 is 41.5 Å². The lowest BCUT2D eigenvalue weighted by Crippen LogP contribution is -2.33. The maximum absolute atomic E-state index is 12.8. The number of nitrogens with one attached hydrogen (secondary N) is 1. The largest absolute Gasteiger partial charge is 0.322 e. The quantitative estimate of drug-likeness (QED) is 0.762. The van der Waals surface area contributed by atoms with Crippen LogP contribution in [0.1, 0.15) is 10.4 Å². The number of rotatable bonds is 4.